The molecule has 1 amide bonds. The van der Waals surface area contributed by atoms with Crippen LogP contribution in [0.5, 0.6) is 5.75 Å². The fraction of sp³-hybridized carbons (Fsp3) is 0.409. The molecule has 4 nitrogen and oxygen atoms in total. The molecule has 5 heteroatoms. The molecule has 0 radical (unpaired) electrons. The molecule has 1 unspecified atom stereocenters. The SMILES string of the molecule is CC(C)Oc1ccc(-c2cc3c(cc2F)C(OC(N)=O)C(C)(C)CC3)cc1. The van der Waals surface area contributed by atoms with Crippen molar-refractivity contribution in [2.24, 2.45) is 11.1 Å². The maximum atomic E-state index is 14.9. The second-order valence-electron chi connectivity index (χ2n) is 8.03. The van der Waals surface area contributed by atoms with Gasteiger partial charge in [0.15, 0.2) is 0 Å². The van der Waals surface area contributed by atoms with Crippen molar-refractivity contribution in [1.29, 1.82) is 0 Å². The molecule has 2 aromatic rings. The molecule has 0 aliphatic heterocycles. The Morgan fingerprint density at radius 3 is 2.48 bits per heavy atom. The van der Waals surface area contributed by atoms with Gasteiger partial charge in [-0.1, -0.05) is 26.0 Å². The number of carbonyl (C=O) groups excluding carboxylic acids is 1. The quantitative estimate of drug-likeness (QED) is 0.784. The monoisotopic (exact) mass is 371 g/mol. The van der Waals surface area contributed by atoms with Crippen molar-refractivity contribution >= 4 is 6.09 Å². The van der Waals surface area contributed by atoms with Gasteiger partial charge in [-0.15, -0.1) is 0 Å². The van der Waals surface area contributed by atoms with E-state index in [0.29, 0.717) is 11.1 Å². The van der Waals surface area contributed by atoms with Crippen LogP contribution in [-0.2, 0) is 11.2 Å². The van der Waals surface area contributed by atoms with Gasteiger partial charge in [0.05, 0.1) is 6.10 Å². The third-order valence-electron chi connectivity index (χ3n) is 5.03. The summed E-state index contributed by atoms with van der Waals surface area (Å²) >= 11 is 0. The Bertz CT molecular complexity index is 843. The van der Waals surface area contributed by atoms with Crippen molar-refractivity contribution < 1.29 is 18.7 Å². The molecule has 0 aromatic heterocycles. The second-order valence-corrected chi connectivity index (χ2v) is 8.03. The van der Waals surface area contributed by atoms with Crippen LogP contribution in [-0.4, -0.2) is 12.2 Å². The number of hydrogen-bond donors (Lipinski definition) is 1. The highest BCUT2D eigenvalue weighted by Gasteiger charge is 2.39. The van der Waals surface area contributed by atoms with Gasteiger partial charge < -0.3 is 15.2 Å². The van der Waals surface area contributed by atoms with E-state index in [0.717, 1.165) is 29.7 Å². The summed E-state index contributed by atoms with van der Waals surface area (Å²) in [7, 11) is 0. The summed E-state index contributed by atoms with van der Waals surface area (Å²) in [6.45, 7) is 7.93. The lowest BCUT2D eigenvalue weighted by Gasteiger charge is -2.39. The highest BCUT2D eigenvalue weighted by atomic mass is 19.1. The van der Waals surface area contributed by atoms with Crippen molar-refractivity contribution in [3.8, 4) is 16.9 Å². The number of halogens is 1. The lowest BCUT2D eigenvalue weighted by atomic mass is 9.71. The van der Waals surface area contributed by atoms with E-state index in [2.05, 4.69) is 0 Å². The molecule has 0 bridgehead atoms. The smallest absolute Gasteiger partial charge is 0.405 e. The standard InChI is InChI=1S/C22H26FNO3/c1-13(2)26-16-7-5-14(6-8-16)17-11-15-9-10-22(3,4)20(27-21(24)25)18(15)12-19(17)23/h5-8,11-13,20H,9-10H2,1-4H3,(H2,24,25). The molecule has 1 aliphatic rings. The molecule has 27 heavy (non-hydrogen) atoms. The third-order valence-corrected chi connectivity index (χ3v) is 5.03. The minimum atomic E-state index is -0.842. The molecule has 1 aliphatic carbocycles. The number of carbonyl (C=O) groups is 1. The predicted molar refractivity (Wildman–Crippen MR) is 103 cm³/mol. The highest BCUT2D eigenvalue weighted by molar-refractivity contribution is 5.68. The van der Waals surface area contributed by atoms with Crippen LogP contribution < -0.4 is 10.5 Å². The van der Waals surface area contributed by atoms with Gasteiger partial charge in [-0.05, 0) is 67.6 Å². The van der Waals surface area contributed by atoms with Crippen molar-refractivity contribution in [2.75, 3.05) is 0 Å². The number of primary amides is 1. The first kappa shape index (κ1) is 19.2. The molecule has 0 heterocycles. The Hall–Kier alpha value is -2.56. The Kier molecular flexibility index (Phi) is 5.13. The Balaban J connectivity index is 1.98. The Labute approximate surface area is 159 Å². The Morgan fingerprint density at radius 2 is 1.89 bits per heavy atom. The number of amides is 1. The van der Waals surface area contributed by atoms with Gasteiger partial charge >= 0.3 is 6.09 Å². The lowest BCUT2D eigenvalue weighted by Crippen LogP contribution is -2.33. The van der Waals surface area contributed by atoms with Gasteiger partial charge in [-0.2, -0.15) is 0 Å². The lowest BCUT2D eigenvalue weighted by molar-refractivity contribution is 0.0145. The molecule has 0 saturated carbocycles. The molecule has 1 atom stereocenters. The fourth-order valence-corrected chi connectivity index (χ4v) is 3.65. The summed E-state index contributed by atoms with van der Waals surface area (Å²) in [5.74, 6) is 0.408. The van der Waals surface area contributed by atoms with Gasteiger partial charge in [0.1, 0.15) is 17.7 Å². The number of hydrogen-bond acceptors (Lipinski definition) is 3. The highest BCUT2D eigenvalue weighted by Crippen LogP contribution is 2.47. The zero-order valence-electron chi connectivity index (χ0n) is 16.2. The van der Waals surface area contributed by atoms with Crippen molar-refractivity contribution in [3.05, 3.63) is 53.3 Å². The molecule has 2 aromatic carbocycles. The molecule has 144 valence electrons. The summed E-state index contributed by atoms with van der Waals surface area (Å²) < 4.78 is 25.9. The zero-order valence-corrected chi connectivity index (χ0v) is 16.2. The van der Waals surface area contributed by atoms with E-state index in [-0.39, 0.29) is 17.3 Å². The number of ether oxygens (including phenoxy) is 2. The Morgan fingerprint density at radius 1 is 1.22 bits per heavy atom. The molecular formula is C22H26FNO3. The van der Waals surface area contributed by atoms with Crippen LogP contribution in [0.1, 0.15) is 51.3 Å². The van der Waals surface area contributed by atoms with Crippen LogP contribution in [0, 0.1) is 11.2 Å². The van der Waals surface area contributed by atoms with E-state index in [9.17, 15) is 9.18 Å². The van der Waals surface area contributed by atoms with Crippen LogP contribution in [0.25, 0.3) is 11.1 Å². The average molecular weight is 371 g/mol. The minimum Gasteiger partial charge on any atom is -0.491 e. The minimum absolute atomic E-state index is 0.0851. The molecular weight excluding hydrogens is 345 g/mol. The summed E-state index contributed by atoms with van der Waals surface area (Å²) in [5.41, 5.74) is 7.94. The largest absolute Gasteiger partial charge is 0.491 e. The molecule has 0 fully saturated rings. The summed E-state index contributed by atoms with van der Waals surface area (Å²) in [5, 5.41) is 0. The van der Waals surface area contributed by atoms with E-state index in [1.165, 1.54) is 6.07 Å². The van der Waals surface area contributed by atoms with E-state index in [4.69, 9.17) is 15.2 Å². The molecule has 0 saturated heterocycles. The molecule has 0 spiro atoms. The number of nitrogens with two attached hydrogens (primary N) is 1. The fourth-order valence-electron chi connectivity index (χ4n) is 3.65. The third kappa shape index (κ3) is 4.07. The first-order chi connectivity index (χ1) is 12.7. The van der Waals surface area contributed by atoms with E-state index < -0.39 is 12.2 Å². The predicted octanol–water partition coefficient (Wildman–Crippen LogP) is 5.39. The van der Waals surface area contributed by atoms with Crippen molar-refractivity contribution in [2.45, 2.75) is 52.7 Å². The summed E-state index contributed by atoms with van der Waals surface area (Å²) in [6.07, 6.45) is 0.310. The molecule has 3 rings (SSSR count). The number of rotatable bonds is 4. The van der Waals surface area contributed by atoms with E-state index in [1.54, 1.807) is 0 Å². The van der Waals surface area contributed by atoms with Crippen molar-refractivity contribution in [1.82, 2.24) is 0 Å². The number of aryl methyl sites for hydroxylation is 1. The van der Waals surface area contributed by atoms with E-state index >= 15 is 0 Å². The normalized spacial score (nSPS) is 18.1. The van der Waals surface area contributed by atoms with Crippen LogP contribution in [0.4, 0.5) is 9.18 Å². The number of fused-ring (bicyclic) bond motifs is 1. The zero-order chi connectivity index (χ0) is 19.8. The van der Waals surface area contributed by atoms with Gasteiger partial charge in [0.25, 0.3) is 0 Å². The van der Waals surface area contributed by atoms with Crippen LogP contribution >= 0.6 is 0 Å². The van der Waals surface area contributed by atoms with Crippen molar-refractivity contribution in [3.63, 3.8) is 0 Å². The summed E-state index contributed by atoms with van der Waals surface area (Å²) in [4.78, 5) is 11.3. The first-order valence-electron chi connectivity index (χ1n) is 9.23. The average Bonchev–Trinajstić information content (AvgIpc) is 2.57. The van der Waals surface area contributed by atoms with Crippen LogP contribution in [0.3, 0.4) is 0 Å². The van der Waals surface area contributed by atoms with Crippen LogP contribution in [0.2, 0.25) is 0 Å². The topological polar surface area (TPSA) is 61.6 Å². The van der Waals surface area contributed by atoms with Crippen LogP contribution in [0.15, 0.2) is 36.4 Å². The maximum absolute atomic E-state index is 14.9. The van der Waals surface area contributed by atoms with E-state index in [1.807, 2.05) is 58.0 Å². The van der Waals surface area contributed by atoms with Gasteiger partial charge in [-0.25, -0.2) is 9.18 Å². The maximum Gasteiger partial charge on any atom is 0.405 e. The summed E-state index contributed by atoms with van der Waals surface area (Å²) in [6, 6.07) is 10.7. The number of benzene rings is 2. The first-order valence-corrected chi connectivity index (χ1v) is 9.23. The van der Waals surface area contributed by atoms with Gasteiger partial charge in [0, 0.05) is 11.0 Å². The molecule has 2 N–H and O–H groups in total. The van der Waals surface area contributed by atoms with Gasteiger partial charge in [-0.3, -0.25) is 0 Å². The van der Waals surface area contributed by atoms with Gasteiger partial charge in [0.2, 0.25) is 0 Å². The second kappa shape index (κ2) is 7.22.